The van der Waals surface area contributed by atoms with Crippen LogP contribution < -0.4 is 15.4 Å². The van der Waals surface area contributed by atoms with Crippen molar-refractivity contribution >= 4 is 23.2 Å². The summed E-state index contributed by atoms with van der Waals surface area (Å²) in [6.07, 6.45) is 0.541. The summed E-state index contributed by atoms with van der Waals surface area (Å²) in [5, 5.41) is 5.63. The van der Waals surface area contributed by atoms with Crippen molar-refractivity contribution < 1.29 is 14.3 Å². The number of benzene rings is 2. The molecule has 2 amide bonds. The Kier molecular flexibility index (Phi) is 6.57. The molecule has 0 unspecified atom stereocenters. The summed E-state index contributed by atoms with van der Waals surface area (Å²) in [7, 11) is 0. The number of aryl methyl sites for hydroxylation is 1. The average Bonchev–Trinajstić information content (AvgIpc) is 2.58. The zero-order chi connectivity index (χ0) is 18.2. The smallest absolute Gasteiger partial charge is 0.265 e. The van der Waals surface area contributed by atoms with E-state index in [2.05, 4.69) is 10.6 Å². The molecule has 132 valence electrons. The van der Waals surface area contributed by atoms with Gasteiger partial charge in [-0.2, -0.15) is 0 Å². The van der Waals surface area contributed by atoms with Gasteiger partial charge in [-0.1, -0.05) is 36.8 Å². The highest BCUT2D eigenvalue weighted by Crippen LogP contribution is 2.22. The van der Waals surface area contributed by atoms with E-state index >= 15 is 0 Å². The van der Waals surface area contributed by atoms with Crippen LogP contribution in [0.2, 0.25) is 0 Å². The number of carbonyl (C=O) groups excluding carboxylic acids is 2. The van der Waals surface area contributed by atoms with Crippen molar-refractivity contribution in [2.75, 3.05) is 10.6 Å². The fourth-order valence-electron chi connectivity index (χ4n) is 2.25. The van der Waals surface area contributed by atoms with E-state index in [1.165, 1.54) is 0 Å². The first-order chi connectivity index (χ1) is 12.0. The molecule has 2 aromatic carbocycles. The van der Waals surface area contributed by atoms with Crippen molar-refractivity contribution in [1.82, 2.24) is 0 Å². The lowest BCUT2D eigenvalue weighted by atomic mass is 10.2. The second-order valence-electron chi connectivity index (χ2n) is 5.91. The molecule has 2 aromatic rings. The molecular weight excluding hydrogens is 316 g/mol. The summed E-state index contributed by atoms with van der Waals surface area (Å²) < 4.78 is 5.66. The molecular formula is C20H24N2O3. The first-order valence-electron chi connectivity index (χ1n) is 8.42. The number of hydrogen-bond acceptors (Lipinski definition) is 3. The summed E-state index contributed by atoms with van der Waals surface area (Å²) in [6.45, 7) is 5.62. The molecule has 0 fully saturated rings. The quantitative estimate of drug-likeness (QED) is 0.796. The van der Waals surface area contributed by atoms with Gasteiger partial charge in [0.2, 0.25) is 5.91 Å². The zero-order valence-corrected chi connectivity index (χ0v) is 14.8. The monoisotopic (exact) mass is 340 g/mol. The summed E-state index contributed by atoms with van der Waals surface area (Å²) >= 11 is 0. The first-order valence-corrected chi connectivity index (χ1v) is 8.42. The van der Waals surface area contributed by atoms with Crippen LogP contribution in [0.4, 0.5) is 11.4 Å². The highest BCUT2D eigenvalue weighted by molar-refractivity contribution is 6.00. The van der Waals surface area contributed by atoms with Gasteiger partial charge in [0.1, 0.15) is 5.75 Å². The van der Waals surface area contributed by atoms with Gasteiger partial charge in [0.25, 0.3) is 5.91 Å². The molecule has 2 N–H and O–H groups in total. The second-order valence-corrected chi connectivity index (χ2v) is 5.91. The number of hydrogen-bond donors (Lipinski definition) is 2. The molecule has 0 aliphatic carbocycles. The molecule has 0 saturated heterocycles. The number of carbonyl (C=O) groups is 2. The Labute approximate surface area is 148 Å². The molecule has 0 spiro atoms. The van der Waals surface area contributed by atoms with Gasteiger partial charge in [-0.05, 0) is 44.5 Å². The molecule has 0 bridgehead atoms. The van der Waals surface area contributed by atoms with Crippen molar-refractivity contribution in [2.45, 2.75) is 39.7 Å². The standard InChI is InChI=1S/C20H24N2O3/c1-4-7-19(23)21-17-8-5-6-9-18(17)22-20(24)15(3)25-16-12-10-14(2)11-13-16/h5-6,8-13,15H,4,7H2,1-3H3,(H,21,23)(H,22,24)/t15-/m0/s1. The van der Waals surface area contributed by atoms with Gasteiger partial charge in [0.15, 0.2) is 6.10 Å². The van der Waals surface area contributed by atoms with Crippen molar-refractivity contribution in [1.29, 1.82) is 0 Å². The van der Waals surface area contributed by atoms with Crippen LogP contribution in [0.25, 0.3) is 0 Å². The highest BCUT2D eigenvalue weighted by Gasteiger charge is 2.16. The van der Waals surface area contributed by atoms with Gasteiger partial charge in [-0.15, -0.1) is 0 Å². The third-order valence-corrected chi connectivity index (χ3v) is 3.64. The first kappa shape index (κ1) is 18.5. The third kappa shape index (κ3) is 5.64. The summed E-state index contributed by atoms with van der Waals surface area (Å²) in [6, 6.07) is 14.6. The molecule has 0 aliphatic heterocycles. The number of amides is 2. The van der Waals surface area contributed by atoms with Crippen molar-refractivity contribution in [3.8, 4) is 5.75 Å². The van der Waals surface area contributed by atoms with Crippen molar-refractivity contribution in [2.24, 2.45) is 0 Å². The van der Waals surface area contributed by atoms with E-state index in [-0.39, 0.29) is 11.8 Å². The number of para-hydroxylation sites is 2. The van der Waals surface area contributed by atoms with Crippen LogP contribution in [0, 0.1) is 6.92 Å². The van der Waals surface area contributed by atoms with Crippen LogP contribution in [0.5, 0.6) is 5.75 Å². The Hall–Kier alpha value is -2.82. The van der Waals surface area contributed by atoms with E-state index in [1.807, 2.05) is 44.2 Å². The average molecular weight is 340 g/mol. The van der Waals surface area contributed by atoms with E-state index in [9.17, 15) is 9.59 Å². The molecule has 0 radical (unpaired) electrons. The van der Waals surface area contributed by atoms with Crippen LogP contribution >= 0.6 is 0 Å². The zero-order valence-electron chi connectivity index (χ0n) is 14.8. The van der Waals surface area contributed by atoms with E-state index in [0.717, 1.165) is 12.0 Å². The minimum Gasteiger partial charge on any atom is -0.481 e. The van der Waals surface area contributed by atoms with E-state index in [4.69, 9.17) is 4.74 Å². The van der Waals surface area contributed by atoms with Crippen LogP contribution in [-0.4, -0.2) is 17.9 Å². The van der Waals surface area contributed by atoms with E-state index in [0.29, 0.717) is 23.5 Å². The van der Waals surface area contributed by atoms with Gasteiger partial charge >= 0.3 is 0 Å². The lowest BCUT2D eigenvalue weighted by Gasteiger charge is -2.17. The molecule has 0 saturated carbocycles. The van der Waals surface area contributed by atoms with Crippen LogP contribution in [-0.2, 0) is 9.59 Å². The molecule has 0 aliphatic rings. The van der Waals surface area contributed by atoms with Crippen LogP contribution in [0.3, 0.4) is 0 Å². The summed E-state index contributed by atoms with van der Waals surface area (Å²) in [4.78, 5) is 24.2. The maximum atomic E-state index is 12.4. The predicted octanol–water partition coefficient (Wildman–Crippen LogP) is 4.14. The number of anilines is 2. The Morgan fingerprint density at radius 2 is 1.60 bits per heavy atom. The predicted molar refractivity (Wildman–Crippen MR) is 99.9 cm³/mol. The van der Waals surface area contributed by atoms with E-state index in [1.54, 1.807) is 25.1 Å². The van der Waals surface area contributed by atoms with Gasteiger partial charge in [-0.25, -0.2) is 0 Å². The maximum Gasteiger partial charge on any atom is 0.265 e. The Morgan fingerprint density at radius 3 is 2.20 bits per heavy atom. The van der Waals surface area contributed by atoms with E-state index < -0.39 is 6.10 Å². The number of nitrogens with one attached hydrogen (secondary N) is 2. The third-order valence-electron chi connectivity index (χ3n) is 3.64. The normalized spacial score (nSPS) is 11.5. The molecule has 5 heteroatoms. The summed E-state index contributed by atoms with van der Waals surface area (Å²) in [5.41, 5.74) is 2.26. The molecule has 0 heterocycles. The van der Waals surface area contributed by atoms with Crippen LogP contribution in [0.1, 0.15) is 32.3 Å². The maximum absolute atomic E-state index is 12.4. The van der Waals surface area contributed by atoms with Gasteiger partial charge in [-0.3, -0.25) is 9.59 Å². The molecule has 5 nitrogen and oxygen atoms in total. The van der Waals surface area contributed by atoms with Crippen molar-refractivity contribution in [3.63, 3.8) is 0 Å². The lowest BCUT2D eigenvalue weighted by molar-refractivity contribution is -0.122. The fourth-order valence-corrected chi connectivity index (χ4v) is 2.25. The van der Waals surface area contributed by atoms with Crippen molar-refractivity contribution in [3.05, 3.63) is 54.1 Å². The molecule has 25 heavy (non-hydrogen) atoms. The minimum absolute atomic E-state index is 0.0758. The molecule has 2 rings (SSSR count). The van der Waals surface area contributed by atoms with Gasteiger partial charge < -0.3 is 15.4 Å². The SMILES string of the molecule is CCCC(=O)Nc1ccccc1NC(=O)[C@H](C)Oc1ccc(C)cc1. The highest BCUT2D eigenvalue weighted by atomic mass is 16.5. The second kappa shape index (κ2) is 8.87. The molecule has 1 atom stereocenters. The Balaban J connectivity index is 2.01. The Morgan fingerprint density at radius 1 is 1.00 bits per heavy atom. The number of ether oxygens (including phenoxy) is 1. The Bertz CT molecular complexity index is 726. The fraction of sp³-hybridized carbons (Fsp3) is 0.300. The minimum atomic E-state index is -0.665. The topological polar surface area (TPSA) is 67.4 Å². The van der Waals surface area contributed by atoms with Gasteiger partial charge in [0, 0.05) is 6.42 Å². The van der Waals surface area contributed by atoms with Gasteiger partial charge in [0.05, 0.1) is 11.4 Å². The largest absolute Gasteiger partial charge is 0.481 e. The van der Waals surface area contributed by atoms with Crippen LogP contribution in [0.15, 0.2) is 48.5 Å². The number of rotatable bonds is 7. The molecule has 0 aromatic heterocycles. The summed E-state index contributed by atoms with van der Waals surface area (Å²) in [5.74, 6) is 0.281. The lowest BCUT2D eigenvalue weighted by Crippen LogP contribution is -2.30.